The van der Waals surface area contributed by atoms with E-state index in [-0.39, 0.29) is 24.3 Å². The molecule has 94 valence electrons. The summed E-state index contributed by atoms with van der Waals surface area (Å²) < 4.78 is 30.1. The SMILES string of the molecule is CCOC(=O)Cc1c(C(F)F)cc(=O)[nH]c1C. The maximum absolute atomic E-state index is 12.7. The minimum absolute atomic E-state index is 0.123. The lowest BCUT2D eigenvalue weighted by atomic mass is 10.0. The number of nitrogens with one attached hydrogen (secondary N) is 1. The molecule has 0 aromatic carbocycles. The van der Waals surface area contributed by atoms with Crippen LogP contribution in [0.25, 0.3) is 0 Å². The molecule has 1 aromatic rings. The Morgan fingerprint density at radius 2 is 2.18 bits per heavy atom. The normalized spacial score (nSPS) is 10.6. The number of carbonyl (C=O) groups excluding carboxylic acids is 1. The summed E-state index contributed by atoms with van der Waals surface area (Å²) in [6, 6.07) is 0.812. The van der Waals surface area contributed by atoms with E-state index in [1.807, 2.05) is 0 Å². The third-order valence-corrected chi connectivity index (χ3v) is 2.26. The van der Waals surface area contributed by atoms with Crippen LogP contribution in [0.4, 0.5) is 8.78 Å². The van der Waals surface area contributed by atoms with Gasteiger partial charge in [0.15, 0.2) is 0 Å². The number of esters is 1. The van der Waals surface area contributed by atoms with Crippen molar-refractivity contribution in [3.63, 3.8) is 0 Å². The molecule has 1 heterocycles. The summed E-state index contributed by atoms with van der Waals surface area (Å²) in [5.74, 6) is -0.593. The van der Waals surface area contributed by atoms with Crippen molar-refractivity contribution in [2.24, 2.45) is 0 Å². The third-order valence-electron chi connectivity index (χ3n) is 2.26. The lowest BCUT2D eigenvalue weighted by Crippen LogP contribution is -2.16. The maximum Gasteiger partial charge on any atom is 0.310 e. The number of alkyl halides is 2. The largest absolute Gasteiger partial charge is 0.466 e. The molecule has 17 heavy (non-hydrogen) atoms. The Kier molecular flexibility index (Phi) is 4.37. The number of pyridine rings is 1. The lowest BCUT2D eigenvalue weighted by Gasteiger charge is -2.10. The van der Waals surface area contributed by atoms with Crippen molar-refractivity contribution < 1.29 is 18.3 Å². The van der Waals surface area contributed by atoms with Crippen molar-refractivity contribution in [1.29, 1.82) is 0 Å². The molecule has 6 heteroatoms. The molecule has 0 atom stereocenters. The average molecular weight is 245 g/mol. The van der Waals surface area contributed by atoms with Crippen LogP contribution in [0.15, 0.2) is 10.9 Å². The van der Waals surface area contributed by atoms with E-state index in [0.717, 1.165) is 6.07 Å². The molecule has 0 aliphatic rings. The molecule has 1 N–H and O–H groups in total. The quantitative estimate of drug-likeness (QED) is 0.822. The molecule has 0 aliphatic carbocycles. The van der Waals surface area contributed by atoms with Crippen molar-refractivity contribution in [2.75, 3.05) is 6.61 Å². The van der Waals surface area contributed by atoms with Gasteiger partial charge in [0.1, 0.15) is 0 Å². The maximum atomic E-state index is 12.7. The van der Waals surface area contributed by atoms with E-state index in [2.05, 4.69) is 9.72 Å². The molecular formula is C11H13F2NO3. The summed E-state index contributed by atoms with van der Waals surface area (Å²) in [6.45, 7) is 3.29. The molecule has 0 saturated heterocycles. The van der Waals surface area contributed by atoms with Gasteiger partial charge in [-0.15, -0.1) is 0 Å². The molecule has 4 nitrogen and oxygen atoms in total. The van der Waals surface area contributed by atoms with E-state index >= 15 is 0 Å². The highest BCUT2D eigenvalue weighted by Crippen LogP contribution is 2.23. The topological polar surface area (TPSA) is 59.2 Å². The van der Waals surface area contributed by atoms with Crippen LogP contribution < -0.4 is 5.56 Å². The second kappa shape index (κ2) is 5.56. The van der Waals surface area contributed by atoms with Crippen LogP contribution in [-0.2, 0) is 16.0 Å². The standard InChI is InChI=1S/C11H13F2NO3/c1-3-17-10(16)5-7-6(2)14-9(15)4-8(7)11(12)13/h4,11H,3,5H2,1-2H3,(H,14,15). The molecule has 0 spiro atoms. The fourth-order valence-electron chi connectivity index (χ4n) is 1.53. The van der Waals surface area contributed by atoms with Crippen LogP contribution in [-0.4, -0.2) is 17.6 Å². The minimum Gasteiger partial charge on any atom is -0.466 e. The van der Waals surface area contributed by atoms with Crippen molar-refractivity contribution in [2.45, 2.75) is 26.7 Å². The molecule has 0 unspecified atom stereocenters. The van der Waals surface area contributed by atoms with Crippen LogP contribution in [0.5, 0.6) is 0 Å². The third kappa shape index (κ3) is 3.37. The molecule has 0 radical (unpaired) electrons. The van der Waals surface area contributed by atoms with E-state index in [9.17, 15) is 18.4 Å². The van der Waals surface area contributed by atoms with E-state index in [4.69, 9.17) is 0 Å². The Balaban J connectivity index is 3.12. The number of aromatic amines is 1. The van der Waals surface area contributed by atoms with Crippen LogP contribution in [0, 0.1) is 6.92 Å². The molecule has 1 rings (SSSR count). The molecular weight excluding hydrogens is 232 g/mol. The Morgan fingerprint density at radius 1 is 1.53 bits per heavy atom. The molecule has 0 bridgehead atoms. The summed E-state index contributed by atoms with van der Waals surface area (Å²) in [5.41, 5.74) is -0.636. The Bertz CT molecular complexity index is 468. The van der Waals surface area contributed by atoms with E-state index < -0.39 is 23.5 Å². The Hall–Kier alpha value is -1.72. The van der Waals surface area contributed by atoms with Gasteiger partial charge in [0.25, 0.3) is 6.43 Å². The van der Waals surface area contributed by atoms with Gasteiger partial charge in [-0.05, 0) is 19.4 Å². The van der Waals surface area contributed by atoms with Crippen LogP contribution in [0.1, 0.15) is 30.2 Å². The first-order valence-electron chi connectivity index (χ1n) is 5.12. The van der Waals surface area contributed by atoms with Gasteiger partial charge in [-0.1, -0.05) is 0 Å². The Labute approximate surface area is 96.6 Å². The molecule has 0 amide bonds. The van der Waals surface area contributed by atoms with Crippen molar-refractivity contribution >= 4 is 5.97 Å². The van der Waals surface area contributed by atoms with Gasteiger partial charge in [-0.2, -0.15) is 0 Å². The lowest BCUT2D eigenvalue weighted by molar-refractivity contribution is -0.142. The second-order valence-corrected chi connectivity index (χ2v) is 3.47. The number of hydrogen-bond acceptors (Lipinski definition) is 3. The molecule has 0 fully saturated rings. The predicted molar refractivity (Wildman–Crippen MR) is 57.1 cm³/mol. The number of H-pyrrole nitrogens is 1. The zero-order valence-electron chi connectivity index (χ0n) is 9.55. The number of hydrogen-bond donors (Lipinski definition) is 1. The van der Waals surface area contributed by atoms with Crippen molar-refractivity contribution in [3.05, 3.63) is 33.2 Å². The zero-order valence-corrected chi connectivity index (χ0v) is 9.55. The van der Waals surface area contributed by atoms with E-state index in [0.29, 0.717) is 0 Å². The predicted octanol–water partition coefficient (Wildman–Crippen LogP) is 1.73. The summed E-state index contributed by atoms with van der Waals surface area (Å²) in [7, 11) is 0. The van der Waals surface area contributed by atoms with Crippen molar-refractivity contribution in [1.82, 2.24) is 4.98 Å². The minimum atomic E-state index is -2.79. The summed E-state index contributed by atoms with van der Waals surface area (Å²) in [5, 5.41) is 0. The van der Waals surface area contributed by atoms with Gasteiger partial charge >= 0.3 is 5.97 Å². The van der Waals surface area contributed by atoms with Gasteiger partial charge in [-0.25, -0.2) is 8.78 Å². The summed E-state index contributed by atoms with van der Waals surface area (Å²) in [4.78, 5) is 24.7. The molecule has 0 aliphatic heterocycles. The second-order valence-electron chi connectivity index (χ2n) is 3.47. The highest BCUT2D eigenvalue weighted by molar-refractivity contribution is 5.73. The summed E-state index contributed by atoms with van der Waals surface area (Å²) >= 11 is 0. The van der Waals surface area contributed by atoms with Crippen LogP contribution in [0.2, 0.25) is 0 Å². The van der Waals surface area contributed by atoms with Gasteiger partial charge in [0.2, 0.25) is 5.56 Å². The van der Waals surface area contributed by atoms with E-state index in [1.54, 1.807) is 6.92 Å². The number of ether oxygens (including phenoxy) is 1. The monoisotopic (exact) mass is 245 g/mol. The van der Waals surface area contributed by atoms with Gasteiger partial charge in [0, 0.05) is 17.3 Å². The number of carbonyl (C=O) groups is 1. The first-order chi connectivity index (χ1) is 7.95. The number of rotatable bonds is 4. The fourth-order valence-corrected chi connectivity index (χ4v) is 1.53. The smallest absolute Gasteiger partial charge is 0.310 e. The van der Waals surface area contributed by atoms with E-state index in [1.165, 1.54) is 6.92 Å². The van der Waals surface area contributed by atoms with Gasteiger partial charge < -0.3 is 9.72 Å². The van der Waals surface area contributed by atoms with Crippen LogP contribution in [0.3, 0.4) is 0 Å². The number of aromatic nitrogens is 1. The highest BCUT2D eigenvalue weighted by Gasteiger charge is 2.19. The zero-order chi connectivity index (χ0) is 13.0. The number of aryl methyl sites for hydroxylation is 1. The summed E-state index contributed by atoms with van der Waals surface area (Å²) in [6.07, 6.45) is -3.06. The first-order valence-corrected chi connectivity index (χ1v) is 5.12. The molecule has 0 saturated carbocycles. The van der Waals surface area contributed by atoms with Crippen LogP contribution >= 0.6 is 0 Å². The van der Waals surface area contributed by atoms with Gasteiger partial charge in [-0.3, -0.25) is 9.59 Å². The average Bonchev–Trinajstić information content (AvgIpc) is 2.21. The highest BCUT2D eigenvalue weighted by atomic mass is 19.3. The number of halogens is 2. The van der Waals surface area contributed by atoms with Gasteiger partial charge in [0.05, 0.1) is 13.0 Å². The Morgan fingerprint density at radius 3 is 2.71 bits per heavy atom. The molecule has 1 aromatic heterocycles. The van der Waals surface area contributed by atoms with Crippen molar-refractivity contribution in [3.8, 4) is 0 Å². The first kappa shape index (κ1) is 13.3. The fraction of sp³-hybridized carbons (Fsp3) is 0.455.